The van der Waals surface area contributed by atoms with Gasteiger partial charge in [0.2, 0.25) is 0 Å². The molecule has 2 aromatic rings. The average Bonchev–Trinajstić information content (AvgIpc) is 2.90. The average molecular weight is 391 g/mol. The maximum atomic E-state index is 14.6. The van der Waals surface area contributed by atoms with E-state index in [4.69, 9.17) is 28.6 Å². The van der Waals surface area contributed by atoms with Crippen LogP contribution in [0.3, 0.4) is 0 Å². The molecule has 1 atom stereocenters. The highest BCUT2D eigenvalue weighted by atomic mass is 35.5. The number of piperidine rings is 1. The van der Waals surface area contributed by atoms with E-state index in [1.165, 1.54) is 11.0 Å². The number of ether oxygens (including phenoxy) is 1. The molecule has 2 aliphatic heterocycles. The predicted molar refractivity (Wildman–Crippen MR) is 102 cm³/mol. The summed E-state index contributed by atoms with van der Waals surface area (Å²) in [5, 5.41) is 0.469. The minimum absolute atomic E-state index is 0.0738. The van der Waals surface area contributed by atoms with Gasteiger partial charge in [0.1, 0.15) is 23.4 Å². The number of para-hydroxylation sites is 1. The summed E-state index contributed by atoms with van der Waals surface area (Å²) in [6.45, 7) is 0.717. The SMILES string of the molecule is O=C1[C@H]2CCCCN2C(=S)N1c1cc(Oc2ccccc2)c(Cl)cc1F. The summed E-state index contributed by atoms with van der Waals surface area (Å²) in [6, 6.07) is 11.3. The fourth-order valence-electron chi connectivity index (χ4n) is 3.39. The van der Waals surface area contributed by atoms with Gasteiger partial charge < -0.3 is 9.64 Å². The summed E-state index contributed by atoms with van der Waals surface area (Å²) in [4.78, 5) is 16.0. The highest BCUT2D eigenvalue weighted by Crippen LogP contribution is 2.38. The maximum Gasteiger partial charge on any atom is 0.256 e. The summed E-state index contributed by atoms with van der Waals surface area (Å²) >= 11 is 11.6. The van der Waals surface area contributed by atoms with Crippen molar-refractivity contribution in [1.82, 2.24) is 4.90 Å². The first-order valence-corrected chi connectivity index (χ1v) is 9.21. The van der Waals surface area contributed by atoms with Gasteiger partial charge in [-0.1, -0.05) is 29.8 Å². The van der Waals surface area contributed by atoms with E-state index >= 15 is 0 Å². The predicted octanol–water partition coefficient (Wildman–Crippen LogP) is 4.76. The van der Waals surface area contributed by atoms with Crippen molar-refractivity contribution in [3.05, 3.63) is 53.3 Å². The van der Waals surface area contributed by atoms with Crippen molar-refractivity contribution in [2.45, 2.75) is 25.3 Å². The number of benzene rings is 2. The Labute approximate surface area is 161 Å². The molecule has 7 heteroatoms. The van der Waals surface area contributed by atoms with Gasteiger partial charge >= 0.3 is 0 Å². The normalized spacial score (nSPS) is 19.7. The number of hydrogen-bond acceptors (Lipinski definition) is 3. The summed E-state index contributed by atoms with van der Waals surface area (Å²) in [5.74, 6) is 0.0435. The Morgan fingerprint density at radius 2 is 1.96 bits per heavy atom. The van der Waals surface area contributed by atoms with Crippen LogP contribution < -0.4 is 9.64 Å². The molecule has 2 aliphatic rings. The maximum absolute atomic E-state index is 14.6. The van der Waals surface area contributed by atoms with E-state index in [1.54, 1.807) is 12.1 Å². The van der Waals surface area contributed by atoms with Crippen molar-refractivity contribution in [2.24, 2.45) is 0 Å². The van der Waals surface area contributed by atoms with Gasteiger partial charge in [0.25, 0.3) is 5.91 Å². The molecule has 2 saturated heterocycles. The number of fused-ring (bicyclic) bond motifs is 1. The Kier molecular flexibility index (Phi) is 4.54. The van der Waals surface area contributed by atoms with Crippen molar-refractivity contribution >= 4 is 40.5 Å². The van der Waals surface area contributed by atoms with Gasteiger partial charge in [-0.2, -0.15) is 0 Å². The Morgan fingerprint density at radius 1 is 1.19 bits per heavy atom. The topological polar surface area (TPSA) is 32.8 Å². The van der Waals surface area contributed by atoms with Gasteiger partial charge in [-0.25, -0.2) is 4.39 Å². The van der Waals surface area contributed by atoms with Gasteiger partial charge in [-0.3, -0.25) is 9.69 Å². The largest absolute Gasteiger partial charge is 0.456 e. The molecule has 134 valence electrons. The van der Waals surface area contributed by atoms with Crippen molar-refractivity contribution in [3.63, 3.8) is 0 Å². The molecule has 1 amide bonds. The van der Waals surface area contributed by atoms with Gasteiger partial charge in [-0.05, 0) is 49.7 Å². The van der Waals surface area contributed by atoms with E-state index in [0.717, 1.165) is 25.3 Å². The molecule has 0 N–H and O–H groups in total. The van der Waals surface area contributed by atoms with Crippen LogP contribution in [0.4, 0.5) is 10.1 Å². The molecule has 2 aromatic carbocycles. The molecule has 0 unspecified atom stereocenters. The Bertz CT molecular complexity index is 853. The lowest BCUT2D eigenvalue weighted by molar-refractivity contribution is -0.120. The number of halogens is 2. The fourth-order valence-corrected chi connectivity index (χ4v) is 3.99. The molecule has 0 bridgehead atoms. The molecule has 4 nitrogen and oxygen atoms in total. The lowest BCUT2D eigenvalue weighted by atomic mass is 10.0. The number of carbonyl (C=O) groups is 1. The molecular weight excluding hydrogens is 375 g/mol. The van der Waals surface area contributed by atoms with Crippen molar-refractivity contribution in [2.75, 3.05) is 11.4 Å². The van der Waals surface area contributed by atoms with Gasteiger partial charge in [0.05, 0.1) is 10.7 Å². The highest BCUT2D eigenvalue weighted by Gasteiger charge is 2.45. The monoisotopic (exact) mass is 390 g/mol. The molecule has 0 spiro atoms. The molecule has 4 rings (SSSR count). The van der Waals surface area contributed by atoms with E-state index in [2.05, 4.69) is 0 Å². The zero-order chi connectivity index (χ0) is 18.3. The van der Waals surface area contributed by atoms with E-state index in [1.807, 2.05) is 23.1 Å². The first kappa shape index (κ1) is 17.2. The van der Waals surface area contributed by atoms with Crippen LogP contribution in [0.5, 0.6) is 11.5 Å². The third-order valence-corrected chi connectivity index (χ3v) is 5.37. The minimum Gasteiger partial charge on any atom is -0.456 e. The number of amides is 1. The Hall–Kier alpha value is -2.18. The molecule has 0 radical (unpaired) electrons. The lowest BCUT2D eigenvalue weighted by Crippen LogP contribution is -2.38. The van der Waals surface area contributed by atoms with Crippen LogP contribution >= 0.6 is 23.8 Å². The highest BCUT2D eigenvalue weighted by molar-refractivity contribution is 7.80. The van der Waals surface area contributed by atoms with Crippen LogP contribution in [-0.2, 0) is 4.79 Å². The van der Waals surface area contributed by atoms with Crippen LogP contribution in [0.2, 0.25) is 5.02 Å². The molecular formula is C19H16ClFN2O2S. The van der Waals surface area contributed by atoms with Crippen LogP contribution in [0.15, 0.2) is 42.5 Å². The van der Waals surface area contributed by atoms with Gasteiger partial charge in [-0.15, -0.1) is 0 Å². The lowest BCUT2D eigenvalue weighted by Gasteiger charge is -2.27. The van der Waals surface area contributed by atoms with Crippen LogP contribution in [0, 0.1) is 5.82 Å². The first-order valence-electron chi connectivity index (χ1n) is 8.43. The first-order chi connectivity index (χ1) is 12.6. The third-order valence-electron chi connectivity index (χ3n) is 4.66. The summed E-state index contributed by atoms with van der Waals surface area (Å²) in [5.41, 5.74) is 0.0738. The minimum atomic E-state index is -0.606. The molecule has 2 heterocycles. The zero-order valence-electron chi connectivity index (χ0n) is 13.8. The van der Waals surface area contributed by atoms with Gasteiger partial charge in [0.15, 0.2) is 5.11 Å². The molecule has 26 heavy (non-hydrogen) atoms. The van der Waals surface area contributed by atoms with Crippen molar-refractivity contribution in [3.8, 4) is 11.5 Å². The number of hydrogen-bond donors (Lipinski definition) is 0. The van der Waals surface area contributed by atoms with Crippen molar-refractivity contribution < 1.29 is 13.9 Å². The third kappa shape index (κ3) is 2.93. The van der Waals surface area contributed by atoms with Crippen LogP contribution in [-0.4, -0.2) is 28.5 Å². The van der Waals surface area contributed by atoms with Crippen molar-refractivity contribution in [1.29, 1.82) is 0 Å². The zero-order valence-corrected chi connectivity index (χ0v) is 15.4. The van der Waals surface area contributed by atoms with Crippen LogP contribution in [0.1, 0.15) is 19.3 Å². The molecule has 0 aliphatic carbocycles. The number of anilines is 1. The summed E-state index contributed by atoms with van der Waals surface area (Å²) in [7, 11) is 0. The Balaban J connectivity index is 1.71. The standard InChI is InChI=1S/C19H16ClFN2O2S/c20-13-10-14(21)16(11-17(13)25-12-6-2-1-3-7-12)23-18(24)15-8-4-5-9-22(15)19(23)26/h1-3,6-7,10-11,15H,4-5,8-9H2/t15-/m1/s1. The molecule has 2 fully saturated rings. The fraction of sp³-hybridized carbons (Fsp3) is 0.263. The van der Waals surface area contributed by atoms with E-state index < -0.39 is 5.82 Å². The smallest absolute Gasteiger partial charge is 0.256 e. The number of carbonyl (C=O) groups excluding carboxylic acids is 1. The quantitative estimate of drug-likeness (QED) is 0.707. The molecule has 0 aromatic heterocycles. The second-order valence-corrected chi connectivity index (χ2v) is 7.08. The Morgan fingerprint density at radius 3 is 2.69 bits per heavy atom. The number of rotatable bonds is 3. The number of thiocarbonyl (C=S) groups is 1. The van der Waals surface area contributed by atoms with Gasteiger partial charge in [0, 0.05) is 12.6 Å². The second-order valence-electron chi connectivity index (χ2n) is 6.31. The number of nitrogens with zero attached hydrogens (tertiary/aromatic N) is 2. The van der Waals surface area contributed by atoms with E-state index in [9.17, 15) is 9.18 Å². The van der Waals surface area contributed by atoms with E-state index in [0.29, 0.717) is 17.4 Å². The molecule has 0 saturated carbocycles. The van der Waals surface area contributed by atoms with Crippen LogP contribution in [0.25, 0.3) is 0 Å². The van der Waals surface area contributed by atoms with E-state index in [-0.39, 0.29) is 28.4 Å². The summed E-state index contributed by atoms with van der Waals surface area (Å²) in [6.07, 6.45) is 2.68. The second kappa shape index (κ2) is 6.85. The summed E-state index contributed by atoms with van der Waals surface area (Å²) < 4.78 is 20.4.